The maximum atomic E-state index is 12.2. The maximum absolute atomic E-state index is 12.2. The summed E-state index contributed by atoms with van der Waals surface area (Å²) in [4.78, 5) is 18.6. The van der Waals surface area contributed by atoms with E-state index in [-0.39, 0.29) is 5.91 Å². The number of halogens is 1. The van der Waals surface area contributed by atoms with Crippen molar-refractivity contribution in [3.05, 3.63) is 58.3 Å². The van der Waals surface area contributed by atoms with E-state index in [4.69, 9.17) is 0 Å². The highest BCUT2D eigenvalue weighted by Gasteiger charge is 2.08. The molecule has 1 aromatic carbocycles. The number of carbonyl (C=O) groups excluding carboxylic acids is 1. The summed E-state index contributed by atoms with van der Waals surface area (Å²) in [5, 5.41) is 2.92. The highest BCUT2D eigenvalue weighted by Crippen LogP contribution is 2.15. The molecule has 116 valence electrons. The Hall–Kier alpha value is -1.72. The molecule has 0 bridgehead atoms. The first kappa shape index (κ1) is 16.6. The van der Waals surface area contributed by atoms with Gasteiger partial charge in [0.15, 0.2) is 0 Å². The van der Waals surface area contributed by atoms with Crippen LogP contribution in [-0.2, 0) is 6.54 Å². The normalized spacial score (nSPS) is 10.7. The molecule has 0 aliphatic heterocycles. The molecule has 1 aromatic heterocycles. The molecule has 22 heavy (non-hydrogen) atoms. The second-order valence-electron chi connectivity index (χ2n) is 5.01. The Balaban J connectivity index is 2.08. The summed E-state index contributed by atoms with van der Waals surface area (Å²) in [6.07, 6.45) is 3.21. The fourth-order valence-corrected chi connectivity index (χ4v) is 2.56. The van der Waals surface area contributed by atoms with Crippen molar-refractivity contribution in [2.24, 2.45) is 0 Å². The van der Waals surface area contributed by atoms with E-state index in [0.29, 0.717) is 5.56 Å². The second-order valence-corrected chi connectivity index (χ2v) is 5.92. The lowest BCUT2D eigenvalue weighted by Crippen LogP contribution is -2.22. The van der Waals surface area contributed by atoms with Gasteiger partial charge in [-0.1, -0.05) is 26.0 Å². The SMILES string of the molecule is CCN(CC)Cc1cccc(NC(=O)c2cncc(Br)c2)c1. The van der Waals surface area contributed by atoms with E-state index in [1.165, 1.54) is 5.56 Å². The Morgan fingerprint density at radius 3 is 2.68 bits per heavy atom. The molecular weight excluding hydrogens is 342 g/mol. The van der Waals surface area contributed by atoms with Crippen LogP contribution in [0.2, 0.25) is 0 Å². The summed E-state index contributed by atoms with van der Waals surface area (Å²) in [6, 6.07) is 9.71. The van der Waals surface area contributed by atoms with Crippen molar-refractivity contribution in [1.82, 2.24) is 9.88 Å². The van der Waals surface area contributed by atoms with Crippen molar-refractivity contribution in [1.29, 1.82) is 0 Å². The summed E-state index contributed by atoms with van der Waals surface area (Å²) in [5.74, 6) is -0.159. The molecule has 2 aromatic rings. The Bertz CT molecular complexity index is 641. The van der Waals surface area contributed by atoms with Crippen molar-refractivity contribution in [3.63, 3.8) is 0 Å². The number of aromatic nitrogens is 1. The number of rotatable bonds is 6. The van der Waals surface area contributed by atoms with Gasteiger partial charge in [0.25, 0.3) is 5.91 Å². The zero-order chi connectivity index (χ0) is 15.9. The van der Waals surface area contributed by atoms with Crippen molar-refractivity contribution in [2.75, 3.05) is 18.4 Å². The van der Waals surface area contributed by atoms with E-state index in [0.717, 1.165) is 29.8 Å². The van der Waals surface area contributed by atoms with Crippen LogP contribution in [0, 0.1) is 0 Å². The van der Waals surface area contributed by atoms with Crippen LogP contribution in [0.15, 0.2) is 47.2 Å². The average Bonchev–Trinajstić information content (AvgIpc) is 2.53. The molecule has 0 radical (unpaired) electrons. The smallest absolute Gasteiger partial charge is 0.257 e. The van der Waals surface area contributed by atoms with Crippen molar-refractivity contribution in [2.45, 2.75) is 20.4 Å². The van der Waals surface area contributed by atoms with Crippen LogP contribution in [-0.4, -0.2) is 28.9 Å². The van der Waals surface area contributed by atoms with Crippen molar-refractivity contribution >= 4 is 27.5 Å². The van der Waals surface area contributed by atoms with Crippen LogP contribution >= 0.6 is 15.9 Å². The van der Waals surface area contributed by atoms with Crippen LogP contribution in [0.4, 0.5) is 5.69 Å². The third-order valence-electron chi connectivity index (χ3n) is 3.45. The van der Waals surface area contributed by atoms with E-state index in [1.807, 2.05) is 18.2 Å². The molecule has 5 heteroatoms. The van der Waals surface area contributed by atoms with Gasteiger partial charge >= 0.3 is 0 Å². The minimum Gasteiger partial charge on any atom is -0.322 e. The van der Waals surface area contributed by atoms with Crippen LogP contribution in [0.3, 0.4) is 0 Å². The summed E-state index contributed by atoms with van der Waals surface area (Å²) in [7, 11) is 0. The number of hydrogen-bond acceptors (Lipinski definition) is 3. The summed E-state index contributed by atoms with van der Waals surface area (Å²) in [5.41, 5.74) is 2.52. The number of nitrogens with zero attached hydrogens (tertiary/aromatic N) is 2. The van der Waals surface area contributed by atoms with Gasteiger partial charge in [-0.2, -0.15) is 0 Å². The first-order valence-electron chi connectivity index (χ1n) is 7.35. The third kappa shape index (κ3) is 4.64. The number of nitrogens with one attached hydrogen (secondary N) is 1. The van der Waals surface area contributed by atoms with Crippen LogP contribution < -0.4 is 5.32 Å². The maximum Gasteiger partial charge on any atom is 0.257 e. The van der Waals surface area contributed by atoms with E-state index in [1.54, 1.807) is 18.5 Å². The van der Waals surface area contributed by atoms with Crippen LogP contribution in [0.5, 0.6) is 0 Å². The van der Waals surface area contributed by atoms with E-state index >= 15 is 0 Å². The molecule has 1 N–H and O–H groups in total. The van der Waals surface area contributed by atoms with Crippen molar-refractivity contribution < 1.29 is 4.79 Å². The summed E-state index contributed by atoms with van der Waals surface area (Å²) < 4.78 is 0.787. The quantitative estimate of drug-likeness (QED) is 0.847. The van der Waals surface area contributed by atoms with E-state index in [2.05, 4.69) is 51.0 Å². The molecular formula is C17H20BrN3O. The van der Waals surface area contributed by atoms with Gasteiger partial charge < -0.3 is 5.32 Å². The highest BCUT2D eigenvalue weighted by atomic mass is 79.9. The molecule has 2 rings (SSSR count). The lowest BCUT2D eigenvalue weighted by atomic mass is 10.1. The molecule has 1 heterocycles. The monoisotopic (exact) mass is 361 g/mol. The topological polar surface area (TPSA) is 45.2 Å². The van der Waals surface area contributed by atoms with Gasteiger partial charge in [-0.05, 0) is 52.8 Å². The van der Waals surface area contributed by atoms with Gasteiger partial charge in [0.2, 0.25) is 0 Å². The summed E-state index contributed by atoms with van der Waals surface area (Å²) in [6.45, 7) is 7.20. The van der Waals surface area contributed by atoms with Gasteiger partial charge in [-0.25, -0.2) is 0 Å². The minimum absolute atomic E-state index is 0.159. The molecule has 0 saturated heterocycles. The Morgan fingerprint density at radius 2 is 2.00 bits per heavy atom. The largest absolute Gasteiger partial charge is 0.322 e. The Kier molecular flexibility index (Phi) is 6.10. The van der Waals surface area contributed by atoms with Crippen LogP contribution in [0.1, 0.15) is 29.8 Å². The first-order valence-corrected chi connectivity index (χ1v) is 8.15. The molecule has 1 amide bonds. The van der Waals surface area contributed by atoms with Gasteiger partial charge in [0.05, 0.1) is 5.56 Å². The second kappa shape index (κ2) is 8.06. The Morgan fingerprint density at radius 1 is 1.23 bits per heavy atom. The number of hydrogen-bond donors (Lipinski definition) is 1. The lowest BCUT2D eigenvalue weighted by Gasteiger charge is -2.18. The van der Waals surface area contributed by atoms with Gasteiger partial charge in [-0.15, -0.1) is 0 Å². The molecule has 0 unspecified atom stereocenters. The highest BCUT2D eigenvalue weighted by molar-refractivity contribution is 9.10. The standard InChI is InChI=1S/C17H20BrN3O/c1-3-21(4-2)12-13-6-5-7-16(8-13)20-17(22)14-9-15(18)11-19-10-14/h5-11H,3-4,12H2,1-2H3,(H,20,22). The zero-order valence-corrected chi connectivity index (χ0v) is 14.4. The predicted octanol–water partition coefficient (Wildman–Crippen LogP) is 3.94. The number of carbonyl (C=O) groups is 1. The van der Waals surface area contributed by atoms with Gasteiger partial charge in [0.1, 0.15) is 0 Å². The van der Waals surface area contributed by atoms with Gasteiger partial charge in [0, 0.05) is 29.1 Å². The van der Waals surface area contributed by atoms with Crippen LogP contribution in [0.25, 0.3) is 0 Å². The molecule has 0 aliphatic carbocycles. The summed E-state index contributed by atoms with van der Waals surface area (Å²) >= 11 is 3.32. The fourth-order valence-electron chi connectivity index (χ4n) is 2.19. The number of benzene rings is 1. The molecule has 0 atom stereocenters. The molecule has 0 saturated carbocycles. The van der Waals surface area contributed by atoms with Crippen molar-refractivity contribution in [3.8, 4) is 0 Å². The molecule has 0 spiro atoms. The molecule has 0 aliphatic rings. The predicted molar refractivity (Wildman–Crippen MR) is 93.0 cm³/mol. The molecule has 4 nitrogen and oxygen atoms in total. The van der Waals surface area contributed by atoms with E-state index in [9.17, 15) is 4.79 Å². The number of amides is 1. The van der Waals surface area contributed by atoms with E-state index < -0.39 is 0 Å². The fraction of sp³-hybridized carbons (Fsp3) is 0.294. The molecule has 0 fully saturated rings. The zero-order valence-electron chi connectivity index (χ0n) is 12.8. The third-order valence-corrected chi connectivity index (χ3v) is 3.89. The van der Waals surface area contributed by atoms with Gasteiger partial charge in [-0.3, -0.25) is 14.7 Å². The number of pyridine rings is 1. The lowest BCUT2D eigenvalue weighted by molar-refractivity contribution is 0.102. The Labute approximate surface area is 139 Å². The minimum atomic E-state index is -0.159. The average molecular weight is 362 g/mol. The first-order chi connectivity index (χ1) is 10.6. The number of anilines is 1.